The van der Waals surface area contributed by atoms with Crippen LogP contribution in [-0.4, -0.2) is 46.9 Å². The summed E-state index contributed by atoms with van der Waals surface area (Å²) in [7, 11) is 0. The third-order valence-electron chi connectivity index (χ3n) is 7.96. The molecular formula is C35H44LiNO4S2. The fourth-order valence-electron chi connectivity index (χ4n) is 5.60. The molecular weight excluding hydrogens is 569 g/mol. The van der Waals surface area contributed by atoms with Crippen LogP contribution in [0.15, 0.2) is 77.7 Å². The summed E-state index contributed by atoms with van der Waals surface area (Å²) in [4.78, 5) is 26.5. The normalized spacial score (nSPS) is 14.8. The number of carbonyl (C=O) groups is 2. The van der Waals surface area contributed by atoms with Crippen molar-refractivity contribution in [2.24, 2.45) is 5.92 Å². The predicted octanol–water partition coefficient (Wildman–Crippen LogP) is 5.36. The minimum atomic E-state index is -1.02. The van der Waals surface area contributed by atoms with Gasteiger partial charge in [-0.1, -0.05) is 80.6 Å². The minimum absolute atomic E-state index is 0. The molecule has 4 rings (SSSR count). The molecule has 5 nitrogen and oxygen atoms in total. The first-order chi connectivity index (χ1) is 20.4. The van der Waals surface area contributed by atoms with E-state index in [1.54, 1.807) is 11.8 Å². The van der Waals surface area contributed by atoms with Gasteiger partial charge in [0.2, 0.25) is 0 Å². The van der Waals surface area contributed by atoms with Gasteiger partial charge in [-0.25, -0.2) is 4.79 Å². The number of hydrogen-bond donors (Lipinski definition) is 2. The van der Waals surface area contributed by atoms with E-state index in [9.17, 15) is 14.7 Å². The smallest absolute Gasteiger partial charge is 1.00 e. The number of hydrogen-bond acceptors (Lipinski definition) is 5. The predicted molar refractivity (Wildman–Crippen MR) is 177 cm³/mol. The van der Waals surface area contributed by atoms with Crippen molar-refractivity contribution in [2.75, 3.05) is 17.8 Å². The van der Waals surface area contributed by atoms with Gasteiger partial charge >= 0.3 is 24.8 Å². The van der Waals surface area contributed by atoms with E-state index >= 15 is 0 Å². The first kappa shape index (κ1) is 35.3. The summed E-state index contributed by atoms with van der Waals surface area (Å²) in [6.07, 6.45) is 10.0. The minimum Gasteiger partial charge on any atom is -1.00 e. The van der Waals surface area contributed by atoms with Gasteiger partial charge < -0.3 is 16.6 Å². The van der Waals surface area contributed by atoms with Gasteiger partial charge in [0.05, 0.1) is 12.7 Å². The second-order valence-electron chi connectivity index (χ2n) is 11.1. The van der Waals surface area contributed by atoms with Crippen molar-refractivity contribution in [1.82, 2.24) is 5.32 Å². The zero-order valence-electron chi connectivity index (χ0n) is 26.7. The summed E-state index contributed by atoms with van der Waals surface area (Å²) in [5.74, 6) is 0.879. The Hall–Kier alpha value is -2.14. The molecule has 1 saturated carbocycles. The summed E-state index contributed by atoms with van der Waals surface area (Å²) in [6, 6.07) is 23.3. The van der Waals surface area contributed by atoms with Crippen molar-refractivity contribution in [3.05, 3.63) is 89.5 Å². The van der Waals surface area contributed by atoms with E-state index in [0.717, 1.165) is 34.4 Å². The van der Waals surface area contributed by atoms with Crippen LogP contribution in [-0.2, 0) is 16.1 Å². The van der Waals surface area contributed by atoms with Crippen molar-refractivity contribution in [3.63, 3.8) is 0 Å². The maximum atomic E-state index is 13.4. The summed E-state index contributed by atoms with van der Waals surface area (Å²) in [5.41, 5.74) is 4.28. The van der Waals surface area contributed by atoms with Crippen molar-refractivity contribution in [2.45, 2.75) is 75.5 Å². The van der Waals surface area contributed by atoms with E-state index in [1.165, 1.54) is 37.0 Å². The number of carboxylic acids is 1. The SMILES string of the molecule is CSCC[C@H](NC(=O)c1ccc(COC(CSc2ccccc2)CC2CCCCC2)cc1-c1ccccc1C)C(=O)O.[H-].[Li+]. The molecule has 2 atom stereocenters. The number of rotatable bonds is 15. The average molecular weight is 614 g/mol. The van der Waals surface area contributed by atoms with Crippen LogP contribution in [0.4, 0.5) is 0 Å². The van der Waals surface area contributed by atoms with Crippen LogP contribution < -0.4 is 24.2 Å². The third-order valence-corrected chi connectivity index (χ3v) is 9.75. The molecule has 1 aliphatic carbocycles. The Kier molecular flexibility index (Phi) is 15.3. The molecule has 43 heavy (non-hydrogen) atoms. The number of amides is 1. The zero-order chi connectivity index (χ0) is 29.7. The first-order valence-corrected chi connectivity index (χ1v) is 17.3. The largest absolute Gasteiger partial charge is 1.00 e. The van der Waals surface area contributed by atoms with E-state index in [4.69, 9.17) is 4.74 Å². The van der Waals surface area contributed by atoms with Gasteiger partial charge in [-0.3, -0.25) is 4.79 Å². The van der Waals surface area contributed by atoms with E-state index < -0.39 is 12.0 Å². The van der Waals surface area contributed by atoms with Crippen molar-refractivity contribution in [3.8, 4) is 11.1 Å². The van der Waals surface area contributed by atoms with Crippen LogP contribution in [0.5, 0.6) is 0 Å². The molecule has 8 heteroatoms. The Balaban J connectivity index is 0.00000337. The van der Waals surface area contributed by atoms with Gasteiger partial charge in [0.1, 0.15) is 6.04 Å². The van der Waals surface area contributed by atoms with Crippen molar-refractivity contribution < 1.29 is 39.7 Å². The van der Waals surface area contributed by atoms with Gasteiger partial charge in [-0.05, 0) is 84.2 Å². The number of nitrogens with one attached hydrogen (secondary N) is 1. The van der Waals surface area contributed by atoms with Crippen LogP contribution in [0.2, 0.25) is 0 Å². The van der Waals surface area contributed by atoms with E-state index in [2.05, 4.69) is 29.6 Å². The maximum absolute atomic E-state index is 13.4. The Morgan fingerprint density at radius 1 is 1.00 bits per heavy atom. The Labute approximate surface area is 279 Å². The van der Waals surface area contributed by atoms with E-state index in [1.807, 2.05) is 73.5 Å². The number of aliphatic carboxylic acids is 1. The number of ether oxygens (including phenoxy) is 1. The zero-order valence-corrected chi connectivity index (χ0v) is 27.4. The number of aryl methyl sites for hydroxylation is 1. The fourth-order valence-corrected chi connectivity index (χ4v) is 7.04. The molecule has 1 aliphatic rings. The summed E-state index contributed by atoms with van der Waals surface area (Å²) >= 11 is 3.41. The average Bonchev–Trinajstić information content (AvgIpc) is 3.01. The molecule has 0 radical (unpaired) electrons. The van der Waals surface area contributed by atoms with Gasteiger partial charge in [-0.2, -0.15) is 11.8 Å². The molecule has 2 N–H and O–H groups in total. The van der Waals surface area contributed by atoms with Gasteiger partial charge in [-0.15, -0.1) is 11.8 Å². The molecule has 3 aromatic rings. The Morgan fingerprint density at radius 2 is 1.72 bits per heavy atom. The molecule has 0 spiro atoms. The molecule has 3 aromatic carbocycles. The maximum Gasteiger partial charge on any atom is 1.00 e. The molecule has 1 fully saturated rings. The molecule has 0 heterocycles. The number of carbonyl (C=O) groups excluding carboxylic acids is 1. The van der Waals surface area contributed by atoms with Crippen molar-refractivity contribution >= 4 is 35.4 Å². The quantitative estimate of drug-likeness (QED) is 0.178. The van der Waals surface area contributed by atoms with E-state index in [0.29, 0.717) is 30.3 Å². The molecule has 0 aliphatic heterocycles. The number of carboxylic acid groups (broad SMARTS) is 1. The molecule has 0 saturated heterocycles. The van der Waals surface area contributed by atoms with Gasteiger partial charge in [0.15, 0.2) is 0 Å². The number of thioether (sulfide) groups is 2. The van der Waals surface area contributed by atoms with Crippen LogP contribution in [0, 0.1) is 12.8 Å². The van der Waals surface area contributed by atoms with Crippen LogP contribution in [0.3, 0.4) is 0 Å². The molecule has 0 aromatic heterocycles. The molecule has 0 bridgehead atoms. The summed E-state index contributed by atoms with van der Waals surface area (Å²) < 4.78 is 6.61. The fraction of sp³-hybridized carbons (Fsp3) is 0.429. The Bertz CT molecular complexity index is 1310. The second kappa shape index (κ2) is 18.6. The first-order valence-electron chi connectivity index (χ1n) is 15.0. The van der Waals surface area contributed by atoms with Gasteiger partial charge in [0, 0.05) is 16.2 Å². The standard InChI is InChI=1S/C35H43NO4S2.Li.H/c1-25-11-9-10-16-30(25)32-22-27(17-18-31(32)34(37)36-33(35(38)39)19-20-41-2)23-40-28(21-26-12-5-3-6-13-26)24-42-29-14-7-4-8-15-29;;/h4,7-11,14-18,22,26,28,33H,3,5-6,12-13,19-21,23-24H2,1-2H3,(H,36,37)(H,38,39);;/q;+1;-1/t28?,33-;;/m0../s1. The molecule has 1 unspecified atom stereocenters. The summed E-state index contributed by atoms with van der Waals surface area (Å²) in [5, 5.41) is 12.4. The summed E-state index contributed by atoms with van der Waals surface area (Å²) in [6.45, 7) is 2.48. The molecule has 1 amide bonds. The van der Waals surface area contributed by atoms with Gasteiger partial charge in [0.25, 0.3) is 5.91 Å². The monoisotopic (exact) mass is 613 g/mol. The van der Waals surface area contributed by atoms with E-state index in [-0.39, 0.29) is 32.3 Å². The van der Waals surface area contributed by atoms with Crippen LogP contribution in [0.25, 0.3) is 11.1 Å². The van der Waals surface area contributed by atoms with Crippen LogP contribution in [0.1, 0.15) is 67.9 Å². The third kappa shape index (κ3) is 11.1. The number of benzene rings is 3. The van der Waals surface area contributed by atoms with Crippen molar-refractivity contribution in [1.29, 1.82) is 0 Å². The Morgan fingerprint density at radius 3 is 2.42 bits per heavy atom. The van der Waals surface area contributed by atoms with Crippen LogP contribution >= 0.6 is 23.5 Å². The molecule has 226 valence electrons. The topological polar surface area (TPSA) is 75.6 Å². The second-order valence-corrected chi connectivity index (χ2v) is 13.2.